The third-order valence-electron chi connectivity index (χ3n) is 2.27. The predicted molar refractivity (Wildman–Crippen MR) is 53.9 cm³/mol. The van der Waals surface area contributed by atoms with Crippen LogP contribution in [0.1, 0.15) is 26.2 Å². The van der Waals surface area contributed by atoms with Gasteiger partial charge in [-0.05, 0) is 26.2 Å². The highest BCUT2D eigenvalue weighted by molar-refractivity contribution is 5.74. The molecule has 1 rings (SSSR count). The Morgan fingerprint density at radius 1 is 1.71 bits per heavy atom. The maximum atomic E-state index is 11.7. The maximum absolute atomic E-state index is 11.7. The van der Waals surface area contributed by atoms with Crippen LogP contribution in [0.3, 0.4) is 0 Å². The highest BCUT2D eigenvalue weighted by Crippen LogP contribution is 2.16. The van der Waals surface area contributed by atoms with Crippen molar-refractivity contribution in [2.75, 3.05) is 13.2 Å². The topological polar surface area (TPSA) is 41.1 Å². The Bertz CT molecular complexity index is 228. The smallest absolute Gasteiger partial charge is 0.315 e. The van der Waals surface area contributed by atoms with Crippen molar-refractivity contribution >= 4 is 6.03 Å². The Kier molecular flexibility index (Phi) is 4.43. The Morgan fingerprint density at radius 2 is 2.50 bits per heavy atom. The number of amides is 2. The lowest BCUT2D eigenvalue weighted by Crippen LogP contribution is -2.42. The van der Waals surface area contributed by atoms with Crippen molar-refractivity contribution in [1.29, 1.82) is 0 Å². The molecular formula is C10H17FN2O. The van der Waals surface area contributed by atoms with Gasteiger partial charge in [0.25, 0.3) is 0 Å². The van der Waals surface area contributed by atoms with Crippen molar-refractivity contribution < 1.29 is 9.18 Å². The number of halogens is 1. The molecule has 0 aromatic carbocycles. The van der Waals surface area contributed by atoms with Crippen LogP contribution in [-0.2, 0) is 0 Å². The first-order valence-electron chi connectivity index (χ1n) is 5.00. The minimum absolute atomic E-state index is 0.0846. The van der Waals surface area contributed by atoms with Gasteiger partial charge in [0, 0.05) is 12.6 Å². The van der Waals surface area contributed by atoms with E-state index in [9.17, 15) is 9.18 Å². The van der Waals surface area contributed by atoms with Gasteiger partial charge in [-0.15, -0.1) is 0 Å². The van der Waals surface area contributed by atoms with Crippen molar-refractivity contribution in [3.8, 4) is 0 Å². The summed E-state index contributed by atoms with van der Waals surface area (Å²) in [5, 5.41) is 5.23. The summed E-state index contributed by atoms with van der Waals surface area (Å²) in [6.07, 6.45) is 5.26. The monoisotopic (exact) mass is 200 g/mol. The molecule has 1 aliphatic rings. The van der Waals surface area contributed by atoms with Crippen LogP contribution in [0.15, 0.2) is 11.6 Å². The second kappa shape index (κ2) is 5.62. The summed E-state index contributed by atoms with van der Waals surface area (Å²) in [4.78, 5) is 11.2. The van der Waals surface area contributed by atoms with Crippen LogP contribution in [0.5, 0.6) is 0 Å². The third-order valence-corrected chi connectivity index (χ3v) is 2.27. The van der Waals surface area contributed by atoms with E-state index in [1.165, 1.54) is 5.57 Å². The van der Waals surface area contributed by atoms with Gasteiger partial charge in [0.15, 0.2) is 0 Å². The minimum Gasteiger partial charge on any atom is -0.336 e. The van der Waals surface area contributed by atoms with Crippen LogP contribution < -0.4 is 10.6 Å². The molecule has 2 amide bonds. The number of alkyl halides is 1. The van der Waals surface area contributed by atoms with Crippen LogP contribution in [0.4, 0.5) is 9.18 Å². The molecule has 0 heterocycles. The first-order chi connectivity index (χ1) is 6.72. The second-order valence-corrected chi connectivity index (χ2v) is 3.60. The van der Waals surface area contributed by atoms with Gasteiger partial charge >= 0.3 is 6.03 Å². The predicted octanol–water partition coefficient (Wildman–Crippen LogP) is 1.75. The largest absolute Gasteiger partial charge is 0.336 e. The first-order valence-corrected chi connectivity index (χ1v) is 5.00. The van der Waals surface area contributed by atoms with Crippen LogP contribution >= 0.6 is 0 Å². The maximum Gasteiger partial charge on any atom is 0.315 e. The summed E-state index contributed by atoms with van der Waals surface area (Å²) in [7, 11) is 0. The van der Waals surface area contributed by atoms with Crippen LogP contribution in [0, 0.1) is 0 Å². The van der Waals surface area contributed by atoms with E-state index in [0.29, 0.717) is 0 Å². The van der Waals surface area contributed by atoms with Gasteiger partial charge in [-0.25, -0.2) is 9.18 Å². The van der Waals surface area contributed by atoms with Crippen LogP contribution in [0.2, 0.25) is 0 Å². The second-order valence-electron chi connectivity index (χ2n) is 3.60. The number of nitrogens with one attached hydrogen (secondary N) is 2. The molecule has 1 atom stereocenters. The molecule has 0 saturated carbocycles. The normalized spacial score (nSPS) is 21.3. The molecule has 0 aliphatic heterocycles. The summed E-state index contributed by atoms with van der Waals surface area (Å²) in [6.45, 7) is 1.63. The molecule has 0 fully saturated rings. The molecule has 0 aromatic rings. The average Bonchev–Trinajstić information content (AvgIpc) is 2.15. The van der Waals surface area contributed by atoms with Crippen molar-refractivity contribution in [3.05, 3.63) is 11.6 Å². The highest BCUT2D eigenvalue weighted by Gasteiger charge is 2.13. The number of hydrogen-bond donors (Lipinski definition) is 2. The molecule has 80 valence electrons. The molecule has 14 heavy (non-hydrogen) atoms. The van der Waals surface area contributed by atoms with Gasteiger partial charge in [0.2, 0.25) is 0 Å². The molecular weight excluding hydrogens is 183 g/mol. The average molecular weight is 200 g/mol. The Morgan fingerprint density at radius 3 is 3.14 bits per heavy atom. The van der Waals surface area contributed by atoms with E-state index in [1.54, 1.807) is 0 Å². The van der Waals surface area contributed by atoms with E-state index in [1.807, 2.05) is 0 Å². The summed E-state index contributed by atoms with van der Waals surface area (Å²) < 4.78 is 11.7. The van der Waals surface area contributed by atoms with Crippen molar-refractivity contribution in [3.63, 3.8) is 0 Å². The van der Waals surface area contributed by atoms with Gasteiger partial charge in [-0.1, -0.05) is 11.6 Å². The number of carbonyl (C=O) groups is 1. The SMILES string of the molecule is CC1=CC(NC(=O)NCCF)CCC1. The van der Waals surface area contributed by atoms with E-state index < -0.39 is 6.67 Å². The lowest BCUT2D eigenvalue weighted by atomic mass is 9.97. The van der Waals surface area contributed by atoms with E-state index >= 15 is 0 Å². The standard InChI is InChI=1S/C10H17FN2O/c1-8-3-2-4-9(7-8)13-10(14)12-6-5-11/h7,9H,2-6H2,1H3,(H2,12,13,14). The van der Waals surface area contributed by atoms with Gasteiger partial charge in [0.05, 0.1) is 0 Å². The number of urea groups is 1. The molecule has 0 spiro atoms. The number of allylic oxidation sites excluding steroid dienone is 1. The Labute approximate surface area is 83.8 Å². The number of rotatable bonds is 3. The molecule has 0 saturated heterocycles. The fourth-order valence-corrected chi connectivity index (χ4v) is 1.60. The molecule has 0 bridgehead atoms. The molecule has 1 aliphatic carbocycles. The molecule has 1 unspecified atom stereocenters. The fraction of sp³-hybridized carbons (Fsp3) is 0.700. The van der Waals surface area contributed by atoms with Crippen molar-refractivity contribution in [2.24, 2.45) is 0 Å². The van der Waals surface area contributed by atoms with E-state index in [0.717, 1.165) is 19.3 Å². The van der Waals surface area contributed by atoms with Crippen molar-refractivity contribution in [1.82, 2.24) is 10.6 Å². The van der Waals surface area contributed by atoms with Crippen LogP contribution in [-0.4, -0.2) is 25.3 Å². The summed E-state index contributed by atoms with van der Waals surface area (Å²) in [6, 6.07) is -0.165. The lowest BCUT2D eigenvalue weighted by Gasteiger charge is -2.20. The fourth-order valence-electron chi connectivity index (χ4n) is 1.60. The summed E-state index contributed by atoms with van der Waals surface area (Å²) in [5.41, 5.74) is 1.31. The molecule has 0 aromatic heterocycles. The Hall–Kier alpha value is -1.06. The zero-order valence-electron chi connectivity index (χ0n) is 8.48. The molecule has 3 nitrogen and oxygen atoms in total. The molecule has 2 N–H and O–H groups in total. The molecule has 0 radical (unpaired) electrons. The van der Waals surface area contributed by atoms with E-state index in [-0.39, 0.29) is 18.6 Å². The zero-order chi connectivity index (χ0) is 10.4. The minimum atomic E-state index is -0.521. The summed E-state index contributed by atoms with van der Waals surface area (Å²) in [5.74, 6) is 0. The van der Waals surface area contributed by atoms with Crippen molar-refractivity contribution in [2.45, 2.75) is 32.2 Å². The Balaban J connectivity index is 2.29. The van der Waals surface area contributed by atoms with E-state index in [4.69, 9.17) is 0 Å². The van der Waals surface area contributed by atoms with Gasteiger partial charge in [-0.2, -0.15) is 0 Å². The quantitative estimate of drug-likeness (QED) is 0.669. The number of hydrogen-bond acceptors (Lipinski definition) is 1. The van der Waals surface area contributed by atoms with Gasteiger partial charge < -0.3 is 10.6 Å². The summed E-state index contributed by atoms with van der Waals surface area (Å²) >= 11 is 0. The highest BCUT2D eigenvalue weighted by atomic mass is 19.1. The zero-order valence-corrected chi connectivity index (χ0v) is 8.48. The first kappa shape index (κ1) is 11.0. The van der Waals surface area contributed by atoms with Gasteiger partial charge in [-0.3, -0.25) is 0 Å². The van der Waals surface area contributed by atoms with Gasteiger partial charge in [0.1, 0.15) is 6.67 Å². The lowest BCUT2D eigenvalue weighted by molar-refractivity contribution is 0.237. The number of carbonyl (C=O) groups excluding carboxylic acids is 1. The third kappa shape index (κ3) is 3.77. The molecule has 4 heteroatoms. The van der Waals surface area contributed by atoms with E-state index in [2.05, 4.69) is 23.6 Å². The van der Waals surface area contributed by atoms with Crippen LogP contribution in [0.25, 0.3) is 0 Å².